The fourth-order valence-electron chi connectivity index (χ4n) is 3.10. The smallest absolute Gasteiger partial charge is 0.341 e. The number of esters is 1. The van der Waals surface area contributed by atoms with Gasteiger partial charge in [0, 0.05) is 17.0 Å². The van der Waals surface area contributed by atoms with Crippen LogP contribution in [0, 0.1) is 6.92 Å². The number of fused-ring (bicyclic) bond motifs is 1. The number of nitrogens with zero attached hydrogens (tertiary/aromatic N) is 1. The lowest BCUT2D eigenvalue weighted by molar-refractivity contribution is 0.0523. The first-order valence-electron chi connectivity index (χ1n) is 10.2. The number of hydrogen-bond donors (Lipinski definition) is 1. The van der Waals surface area contributed by atoms with Crippen molar-refractivity contribution in [2.45, 2.75) is 40.2 Å². The summed E-state index contributed by atoms with van der Waals surface area (Å²) >= 11 is 0. The second-order valence-electron chi connectivity index (χ2n) is 6.92. The molecule has 6 nitrogen and oxygen atoms in total. The van der Waals surface area contributed by atoms with E-state index in [9.17, 15) is 9.90 Å². The van der Waals surface area contributed by atoms with Crippen molar-refractivity contribution in [3.8, 4) is 17.2 Å². The molecule has 0 amide bonds. The van der Waals surface area contributed by atoms with Crippen LogP contribution in [-0.4, -0.2) is 29.3 Å². The number of rotatable bonds is 9. The number of phenols is 1. The molecular weight excluding hydrogens is 382 g/mol. The molecule has 0 saturated heterocycles. The highest BCUT2D eigenvalue weighted by atomic mass is 16.5. The number of ether oxygens (including phenoxy) is 3. The predicted octanol–water partition coefficient (Wildman–Crippen LogP) is 5.18. The zero-order valence-corrected chi connectivity index (χ0v) is 17.6. The van der Waals surface area contributed by atoms with Crippen molar-refractivity contribution in [1.82, 2.24) is 4.98 Å². The zero-order chi connectivity index (χ0) is 21.5. The van der Waals surface area contributed by atoms with Gasteiger partial charge in [-0.2, -0.15) is 0 Å². The lowest BCUT2D eigenvalue weighted by Gasteiger charge is -2.16. The van der Waals surface area contributed by atoms with Crippen LogP contribution in [0.2, 0.25) is 0 Å². The van der Waals surface area contributed by atoms with Gasteiger partial charge in [0.1, 0.15) is 29.4 Å². The molecule has 0 atom stereocenters. The molecule has 0 spiro atoms. The van der Waals surface area contributed by atoms with Crippen molar-refractivity contribution in [2.75, 3.05) is 13.2 Å². The van der Waals surface area contributed by atoms with E-state index < -0.39 is 5.97 Å². The van der Waals surface area contributed by atoms with Crippen LogP contribution in [-0.2, 0) is 11.3 Å². The first-order valence-corrected chi connectivity index (χ1v) is 10.2. The van der Waals surface area contributed by atoms with Gasteiger partial charge in [0.2, 0.25) is 0 Å². The van der Waals surface area contributed by atoms with Crippen molar-refractivity contribution in [3.63, 3.8) is 0 Å². The number of benzene rings is 2. The van der Waals surface area contributed by atoms with Crippen molar-refractivity contribution < 1.29 is 24.1 Å². The van der Waals surface area contributed by atoms with Crippen molar-refractivity contribution >= 4 is 16.9 Å². The summed E-state index contributed by atoms with van der Waals surface area (Å²) in [5, 5.41) is 11.1. The third-order valence-corrected chi connectivity index (χ3v) is 4.76. The molecule has 30 heavy (non-hydrogen) atoms. The largest absolute Gasteiger partial charge is 0.507 e. The van der Waals surface area contributed by atoms with E-state index in [0.717, 1.165) is 40.8 Å². The SMILES string of the molecule is CCCCOc1c(C)c(COc2ccc(C(=O)OCC)c(O)c2)nc2ccccc12. The van der Waals surface area contributed by atoms with Crippen LogP contribution in [0.5, 0.6) is 17.2 Å². The average molecular weight is 409 g/mol. The van der Waals surface area contributed by atoms with Gasteiger partial charge in [-0.3, -0.25) is 0 Å². The van der Waals surface area contributed by atoms with Gasteiger partial charge in [-0.15, -0.1) is 0 Å². The summed E-state index contributed by atoms with van der Waals surface area (Å²) in [6.07, 6.45) is 2.04. The molecule has 3 aromatic rings. The molecule has 0 saturated carbocycles. The van der Waals surface area contributed by atoms with Crippen LogP contribution in [0.25, 0.3) is 10.9 Å². The van der Waals surface area contributed by atoms with E-state index in [1.807, 2.05) is 31.2 Å². The van der Waals surface area contributed by atoms with Gasteiger partial charge in [-0.25, -0.2) is 9.78 Å². The molecule has 0 aliphatic rings. The zero-order valence-electron chi connectivity index (χ0n) is 17.6. The van der Waals surface area contributed by atoms with E-state index in [1.54, 1.807) is 13.0 Å². The van der Waals surface area contributed by atoms with Crippen molar-refractivity contribution in [1.29, 1.82) is 0 Å². The molecule has 1 N–H and O–H groups in total. The minimum atomic E-state index is -0.567. The van der Waals surface area contributed by atoms with Crippen LogP contribution < -0.4 is 9.47 Å². The minimum Gasteiger partial charge on any atom is -0.507 e. The van der Waals surface area contributed by atoms with Gasteiger partial charge < -0.3 is 19.3 Å². The Kier molecular flexibility index (Phi) is 7.12. The number of hydrogen-bond acceptors (Lipinski definition) is 6. The maximum atomic E-state index is 11.8. The number of unbranched alkanes of at least 4 members (excludes halogenated alkanes) is 1. The Balaban J connectivity index is 1.83. The molecule has 3 rings (SSSR count). The average Bonchev–Trinajstić information content (AvgIpc) is 2.74. The van der Waals surface area contributed by atoms with Crippen LogP contribution >= 0.6 is 0 Å². The number of phenolic OH excluding ortho intramolecular Hbond substituents is 1. The molecule has 0 fully saturated rings. The highest BCUT2D eigenvalue weighted by Gasteiger charge is 2.15. The maximum absolute atomic E-state index is 11.8. The Morgan fingerprint density at radius 2 is 1.90 bits per heavy atom. The number of aromatic hydroxyl groups is 1. The molecular formula is C24H27NO5. The Morgan fingerprint density at radius 3 is 2.63 bits per heavy atom. The summed E-state index contributed by atoms with van der Waals surface area (Å²) in [5.74, 6) is 0.511. The van der Waals surface area contributed by atoms with Crippen LogP contribution in [0.4, 0.5) is 0 Å². The summed E-state index contributed by atoms with van der Waals surface area (Å²) in [4.78, 5) is 16.6. The number of carbonyl (C=O) groups is 1. The molecule has 0 aliphatic carbocycles. The minimum absolute atomic E-state index is 0.107. The maximum Gasteiger partial charge on any atom is 0.341 e. The third-order valence-electron chi connectivity index (χ3n) is 4.76. The molecule has 2 aromatic carbocycles. The third kappa shape index (κ3) is 4.82. The molecule has 158 valence electrons. The van der Waals surface area contributed by atoms with E-state index in [2.05, 4.69) is 6.92 Å². The van der Waals surface area contributed by atoms with Crippen molar-refractivity contribution in [3.05, 3.63) is 59.3 Å². The number of aromatic nitrogens is 1. The van der Waals surface area contributed by atoms with Gasteiger partial charge in [0.25, 0.3) is 0 Å². The monoisotopic (exact) mass is 409 g/mol. The van der Waals surface area contributed by atoms with Crippen LogP contribution in [0.3, 0.4) is 0 Å². The summed E-state index contributed by atoms with van der Waals surface area (Å²) in [5.41, 5.74) is 2.64. The highest BCUT2D eigenvalue weighted by Crippen LogP contribution is 2.32. The van der Waals surface area contributed by atoms with E-state index in [4.69, 9.17) is 19.2 Å². The molecule has 0 bridgehead atoms. The second kappa shape index (κ2) is 9.96. The Morgan fingerprint density at radius 1 is 1.10 bits per heavy atom. The molecule has 0 radical (unpaired) electrons. The van der Waals surface area contributed by atoms with Gasteiger partial charge in [0.15, 0.2) is 0 Å². The lowest BCUT2D eigenvalue weighted by Crippen LogP contribution is -2.07. The van der Waals surface area contributed by atoms with Crippen LogP contribution in [0.1, 0.15) is 48.3 Å². The molecule has 1 aromatic heterocycles. The van der Waals surface area contributed by atoms with E-state index >= 15 is 0 Å². The fourth-order valence-corrected chi connectivity index (χ4v) is 3.10. The summed E-state index contributed by atoms with van der Waals surface area (Å²) in [6, 6.07) is 12.4. The topological polar surface area (TPSA) is 77.9 Å². The van der Waals surface area contributed by atoms with Gasteiger partial charge in [0.05, 0.1) is 24.4 Å². The number of para-hydroxylation sites is 1. The summed E-state index contributed by atoms with van der Waals surface area (Å²) in [7, 11) is 0. The second-order valence-corrected chi connectivity index (χ2v) is 6.92. The normalized spacial score (nSPS) is 10.8. The summed E-state index contributed by atoms with van der Waals surface area (Å²) < 4.78 is 16.9. The lowest BCUT2D eigenvalue weighted by atomic mass is 10.1. The molecule has 6 heteroatoms. The number of pyridine rings is 1. The van der Waals surface area contributed by atoms with Crippen molar-refractivity contribution in [2.24, 2.45) is 0 Å². The molecule has 0 aliphatic heterocycles. The fraction of sp³-hybridized carbons (Fsp3) is 0.333. The Hall–Kier alpha value is -3.28. The molecule has 1 heterocycles. The predicted molar refractivity (Wildman–Crippen MR) is 115 cm³/mol. The number of carbonyl (C=O) groups excluding carboxylic acids is 1. The quantitative estimate of drug-likeness (QED) is 0.387. The molecule has 0 unspecified atom stereocenters. The first-order chi connectivity index (χ1) is 14.5. The van der Waals surface area contributed by atoms with E-state index in [1.165, 1.54) is 12.1 Å². The first kappa shape index (κ1) is 21.4. The van der Waals surface area contributed by atoms with Gasteiger partial charge >= 0.3 is 5.97 Å². The summed E-state index contributed by atoms with van der Waals surface area (Å²) in [6.45, 7) is 6.91. The van der Waals surface area contributed by atoms with E-state index in [-0.39, 0.29) is 24.5 Å². The standard InChI is InChI=1S/C24H27NO5/c1-4-6-13-29-23-16(3)21(25-20-10-8-7-9-18(20)23)15-30-17-11-12-19(22(26)14-17)24(27)28-5-2/h7-12,14,26H,4-6,13,15H2,1-3H3. The highest BCUT2D eigenvalue weighted by molar-refractivity contribution is 5.92. The Labute approximate surface area is 176 Å². The van der Waals surface area contributed by atoms with Gasteiger partial charge in [-0.1, -0.05) is 25.5 Å². The van der Waals surface area contributed by atoms with Gasteiger partial charge in [-0.05, 0) is 44.5 Å². The van der Waals surface area contributed by atoms with Crippen LogP contribution in [0.15, 0.2) is 42.5 Å². The Bertz CT molecular complexity index is 1030. The van der Waals surface area contributed by atoms with E-state index in [0.29, 0.717) is 12.4 Å².